The summed E-state index contributed by atoms with van der Waals surface area (Å²) in [6.45, 7) is 11.7. The number of aliphatic hydroxyl groups is 1. The van der Waals surface area contributed by atoms with Crippen molar-refractivity contribution in [3.63, 3.8) is 0 Å². The topological polar surface area (TPSA) is 305 Å². The summed E-state index contributed by atoms with van der Waals surface area (Å²) in [6, 6.07) is 0. The Hall–Kier alpha value is -4.65. The number of alkyl halides is 11. The lowest BCUT2D eigenvalue weighted by Crippen LogP contribution is -2.61. The number of carboxylic acids is 1. The molecule has 0 heterocycles. The Morgan fingerprint density at radius 1 is 0.430 bits per heavy atom. The smallest absolute Gasteiger partial charge is 0.481 e. The van der Waals surface area contributed by atoms with Crippen LogP contribution in [0.15, 0.2) is 0 Å². The minimum atomic E-state index is -5.81. The molecule has 0 radical (unpaired) electrons. The Labute approximate surface area is 533 Å². The van der Waals surface area contributed by atoms with Gasteiger partial charge in [-0.05, 0) is 69.2 Å². The molecule has 6 rings (SSSR count). The van der Waals surface area contributed by atoms with Crippen LogP contribution in [0, 0.1) is 32.5 Å². The lowest BCUT2D eigenvalue weighted by Gasteiger charge is -2.51. The van der Waals surface area contributed by atoms with E-state index in [0.29, 0.717) is 12.8 Å². The second-order valence-corrected chi connectivity index (χ2v) is 27.0. The summed E-state index contributed by atoms with van der Waals surface area (Å²) in [5.74, 6) is -13.4. The monoisotopic (exact) mass is 1400 g/mol. The van der Waals surface area contributed by atoms with Gasteiger partial charge in [0, 0.05) is 120 Å². The first-order valence-corrected chi connectivity index (χ1v) is 30.5. The van der Waals surface area contributed by atoms with Crippen molar-refractivity contribution >= 4 is 51.7 Å². The molecule has 23 nitrogen and oxygen atoms in total. The van der Waals surface area contributed by atoms with E-state index < -0.39 is 178 Å². The molecule has 6 fully saturated rings. The van der Waals surface area contributed by atoms with Crippen molar-refractivity contribution < 1.29 is 157 Å². The van der Waals surface area contributed by atoms with E-state index in [1.54, 1.807) is 69.2 Å². The number of halogens is 11. The van der Waals surface area contributed by atoms with E-state index >= 15 is 0 Å². The van der Waals surface area contributed by atoms with Crippen LogP contribution in [0.25, 0.3) is 0 Å². The normalized spacial score (nSPS) is 21.7. The van der Waals surface area contributed by atoms with Crippen molar-refractivity contribution in [2.24, 2.45) is 32.5 Å². The van der Waals surface area contributed by atoms with Gasteiger partial charge < -0.3 is 62.3 Å². The Morgan fingerprint density at radius 3 is 0.882 bits per heavy atom. The maximum atomic E-state index is 13.0. The summed E-state index contributed by atoms with van der Waals surface area (Å²) < 4.78 is 218. The molecule has 6 aliphatic rings. The Balaban J connectivity index is 0.000000566. The second-order valence-electron chi connectivity index (χ2n) is 25.4. The fraction of sp³-hybridized carbons (Fsp3) is 0.879. The molecule has 544 valence electrons. The van der Waals surface area contributed by atoms with Gasteiger partial charge in [0.05, 0.1) is 43.7 Å². The predicted molar refractivity (Wildman–Crippen MR) is 301 cm³/mol. The molecule has 0 spiro atoms. The minimum Gasteiger partial charge on any atom is -0.481 e. The van der Waals surface area contributed by atoms with E-state index in [1.807, 2.05) is 0 Å². The number of hydrogen-bond acceptors (Lipinski definition) is 22. The largest absolute Gasteiger partial charge is 0.523 e. The van der Waals surface area contributed by atoms with Crippen molar-refractivity contribution in [2.75, 3.05) is 82.6 Å². The number of carbonyl (C=O) groups excluding carboxylic acids is 6. The third-order valence-electron chi connectivity index (χ3n) is 15.8. The highest BCUT2D eigenvalue weighted by Gasteiger charge is 2.66. The maximum absolute atomic E-state index is 13.0. The van der Waals surface area contributed by atoms with Crippen LogP contribution in [0.2, 0.25) is 0 Å². The second kappa shape index (κ2) is 33.5. The number of carbonyl (C=O) groups is 7. The molecule has 6 aliphatic carbocycles. The molecular weight excluding hydrogens is 1310 g/mol. The number of ether oxygens (including phenoxy) is 11. The SMILES string of the molecule is CC(C)OC(=O)C1(CF)CC(=O)C1.CC(C)OC(=O)C1(CF)CC(F)(F)C1.COC1(OC)CC(CF)(C(=O)OC(C)C)C1.COC1(OC)CC(CO)(C(=O)OC(C)C)C1.COC1(OC)CC(COS(=O)(=O)C(F)(F)F)(C(=O)OC(C)C)C1.O=C(O)C1(CF)CC(F)(F)C1. The van der Waals surface area contributed by atoms with E-state index in [2.05, 4.69) is 4.18 Å². The quantitative estimate of drug-likeness (QED) is 0.0215. The Kier molecular flexibility index (Phi) is 31.1. The van der Waals surface area contributed by atoms with Crippen LogP contribution in [0.5, 0.6) is 0 Å². The van der Waals surface area contributed by atoms with Crippen LogP contribution in [-0.4, -0.2) is 208 Å². The van der Waals surface area contributed by atoms with E-state index in [9.17, 15) is 95.4 Å². The van der Waals surface area contributed by atoms with Crippen molar-refractivity contribution in [3.8, 4) is 0 Å². The van der Waals surface area contributed by atoms with Gasteiger partial charge in [-0.1, -0.05) is 0 Å². The number of ketones is 1. The third kappa shape index (κ3) is 21.9. The van der Waals surface area contributed by atoms with Crippen LogP contribution in [-0.2, 0) is 100.0 Å². The van der Waals surface area contributed by atoms with Gasteiger partial charge in [0.15, 0.2) is 17.4 Å². The van der Waals surface area contributed by atoms with E-state index in [0.717, 1.165) is 0 Å². The first kappa shape index (κ1) is 86.4. The summed E-state index contributed by atoms with van der Waals surface area (Å²) in [5.41, 5.74) is -13.7. The molecule has 0 aromatic carbocycles. The van der Waals surface area contributed by atoms with Crippen molar-refractivity contribution in [1.82, 2.24) is 0 Å². The van der Waals surface area contributed by atoms with Gasteiger partial charge in [0.1, 0.15) is 65.0 Å². The van der Waals surface area contributed by atoms with Crippen LogP contribution >= 0.6 is 0 Å². The third-order valence-corrected chi connectivity index (χ3v) is 16.8. The van der Waals surface area contributed by atoms with Gasteiger partial charge in [-0.3, -0.25) is 37.7 Å². The van der Waals surface area contributed by atoms with Crippen LogP contribution in [0.1, 0.15) is 146 Å². The summed E-state index contributed by atoms with van der Waals surface area (Å²) in [5, 5.41) is 17.7. The maximum Gasteiger partial charge on any atom is 0.523 e. The molecule has 6 saturated carbocycles. The minimum absolute atomic E-state index is 0.00491. The predicted octanol–water partition coefficient (Wildman–Crippen LogP) is 8.99. The molecule has 2 N–H and O–H groups in total. The van der Waals surface area contributed by atoms with Crippen LogP contribution < -0.4 is 0 Å². The Bertz CT molecular complexity index is 2500. The van der Waals surface area contributed by atoms with Gasteiger partial charge in [-0.15, -0.1) is 0 Å². The Morgan fingerprint density at radius 2 is 0.667 bits per heavy atom. The number of carboxylic acid groups (broad SMARTS) is 1. The van der Waals surface area contributed by atoms with E-state index in [1.165, 1.54) is 42.7 Å². The number of rotatable bonds is 25. The standard InChI is InChI=1S/C12H19F3O7S.C11H19FO4.C11H20O5.C9H13F3O2.C9H13FO3.C6H7F3O2/c1-8(2)22-9(16)10(5-11(6-10,19-3)20-4)7-21-23(17,18)12(13,14)15;2*1-8(2)16-9(13)10(7-12)5-11(6-10,14-3)15-4;1-6(2)14-7(13)8(5-10)3-9(11,12)4-8;1-6(2)13-8(12)9(5-10)3-7(11)4-9;7-3-5(4(10)11)1-6(8,9)2-5/h8H,5-7H2,1-4H3;8H,5-7H2,1-4H3;8,12H,5-7H2,1-4H3;6H,3-5H2,1-2H3;6H,3-5H2,1-2H3;1-3H2,(H,10,11). The molecule has 0 saturated heterocycles. The van der Waals surface area contributed by atoms with Gasteiger partial charge in [-0.2, -0.15) is 21.6 Å². The summed E-state index contributed by atoms with van der Waals surface area (Å²) >= 11 is 0. The number of aliphatic hydroxyl groups excluding tert-OH is 1. The van der Waals surface area contributed by atoms with Crippen molar-refractivity contribution in [3.05, 3.63) is 0 Å². The highest BCUT2D eigenvalue weighted by molar-refractivity contribution is 7.87. The molecule has 0 unspecified atom stereocenters. The molecule has 93 heavy (non-hydrogen) atoms. The summed E-state index contributed by atoms with van der Waals surface area (Å²) in [6.07, 6.45) is -4.14. The molecule has 0 bridgehead atoms. The highest BCUT2D eigenvalue weighted by atomic mass is 32.2. The highest BCUT2D eigenvalue weighted by Crippen LogP contribution is 2.56. The first-order chi connectivity index (χ1) is 42.4. The molecular formula is C58H91F11O23S. The van der Waals surface area contributed by atoms with Gasteiger partial charge in [0.2, 0.25) is 0 Å². The molecule has 35 heteroatoms. The zero-order chi connectivity index (χ0) is 72.6. The number of hydrogen-bond donors (Lipinski definition) is 2. The molecule has 0 aliphatic heterocycles. The average Bonchev–Trinajstić information content (AvgIpc) is 0.762. The van der Waals surface area contributed by atoms with Gasteiger partial charge in [-0.25, -0.2) is 35.1 Å². The molecule has 0 aromatic rings. The van der Waals surface area contributed by atoms with Crippen molar-refractivity contribution in [1.29, 1.82) is 0 Å². The summed E-state index contributed by atoms with van der Waals surface area (Å²) in [7, 11) is 2.81. The fourth-order valence-corrected chi connectivity index (χ4v) is 10.9. The number of methoxy groups -OCH3 is 6. The number of aliphatic carboxylic acids is 1. The average molecular weight is 1400 g/mol. The van der Waals surface area contributed by atoms with E-state index in [4.69, 9.17) is 57.2 Å². The zero-order valence-electron chi connectivity index (χ0n) is 55.1. The first-order valence-electron chi connectivity index (χ1n) is 29.1. The van der Waals surface area contributed by atoms with Crippen LogP contribution in [0.3, 0.4) is 0 Å². The van der Waals surface area contributed by atoms with Gasteiger partial charge in [0.25, 0.3) is 11.8 Å². The van der Waals surface area contributed by atoms with E-state index in [-0.39, 0.29) is 75.2 Å². The van der Waals surface area contributed by atoms with Crippen LogP contribution in [0.4, 0.5) is 48.3 Å². The van der Waals surface area contributed by atoms with Gasteiger partial charge >= 0.3 is 51.4 Å². The lowest BCUT2D eigenvalue weighted by atomic mass is 9.64. The zero-order valence-corrected chi connectivity index (χ0v) is 56.0. The number of Topliss-reactive ketones (excluding diaryl/α,β-unsaturated/α-hetero) is 1. The molecule has 0 amide bonds. The number of esters is 5. The molecule has 0 atom stereocenters. The van der Waals surface area contributed by atoms with Crippen molar-refractivity contribution in [2.45, 2.75) is 212 Å². The fourth-order valence-electron chi connectivity index (χ4n) is 10.4. The lowest BCUT2D eigenvalue weighted by molar-refractivity contribution is -0.301. The molecule has 0 aromatic heterocycles. The summed E-state index contributed by atoms with van der Waals surface area (Å²) in [4.78, 5) is 79.2.